The number of aliphatic hydroxyl groups is 1. The highest BCUT2D eigenvalue weighted by atomic mass is 16.6. The van der Waals surface area contributed by atoms with Crippen LogP contribution in [0.15, 0.2) is 101 Å². The van der Waals surface area contributed by atoms with Gasteiger partial charge in [-0.25, -0.2) is 4.79 Å². The summed E-state index contributed by atoms with van der Waals surface area (Å²) in [4.78, 5) is 26.2. The third kappa shape index (κ3) is 5.03. The lowest BCUT2D eigenvalue weighted by Gasteiger charge is -2.20. The van der Waals surface area contributed by atoms with Gasteiger partial charge in [0.05, 0.1) is 6.10 Å². The molecule has 184 valence electrons. The van der Waals surface area contributed by atoms with Crippen LogP contribution in [-0.4, -0.2) is 33.5 Å². The van der Waals surface area contributed by atoms with Crippen LogP contribution < -0.4 is 16.0 Å². The van der Waals surface area contributed by atoms with Crippen LogP contribution in [-0.2, 0) is 4.74 Å². The van der Waals surface area contributed by atoms with Crippen molar-refractivity contribution in [3.05, 3.63) is 134 Å². The highest BCUT2D eigenvalue weighted by molar-refractivity contribution is 5.45. The van der Waals surface area contributed by atoms with Gasteiger partial charge in [-0.2, -0.15) is 0 Å². The van der Waals surface area contributed by atoms with Crippen LogP contribution >= 0.6 is 0 Å². The highest BCUT2D eigenvalue weighted by Crippen LogP contribution is 2.34. The zero-order valence-electron chi connectivity index (χ0n) is 19.9. The maximum Gasteiger partial charge on any atom is 0.330 e. The lowest BCUT2D eigenvalue weighted by molar-refractivity contribution is -0.0410. The molecule has 7 heteroatoms. The van der Waals surface area contributed by atoms with E-state index in [0.717, 1.165) is 5.56 Å². The van der Waals surface area contributed by atoms with Gasteiger partial charge in [0.2, 0.25) is 0 Å². The van der Waals surface area contributed by atoms with Crippen LogP contribution in [0.3, 0.4) is 0 Å². The Morgan fingerprint density at radius 3 is 2.28 bits per heavy atom. The summed E-state index contributed by atoms with van der Waals surface area (Å²) in [6, 6.07) is 28.6. The summed E-state index contributed by atoms with van der Waals surface area (Å²) in [5, 5.41) is 10.6. The summed E-state index contributed by atoms with van der Waals surface area (Å²) in [7, 11) is 0. The number of nitrogens with zero attached hydrogens (tertiary/aromatic N) is 1. The molecule has 1 fully saturated rings. The summed E-state index contributed by atoms with van der Waals surface area (Å²) >= 11 is 0. The number of ether oxygens (including phenoxy) is 2. The minimum atomic E-state index is -0.807. The van der Waals surface area contributed by atoms with Crippen LogP contribution in [0.25, 0.3) is 0 Å². The molecule has 3 atom stereocenters. The number of aryl methyl sites for hydroxylation is 1. The van der Waals surface area contributed by atoms with E-state index in [9.17, 15) is 14.7 Å². The van der Waals surface area contributed by atoms with Crippen molar-refractivity contribution in [1.29, 1.82) is 0 Å². The maximum absolute atomic E-state index is 12.2. The van der Waals surface area contributed by atoms with Crippen LogP contribution in [0.2, 0.25) is 0 Å². The molecule has 7 nitrogen and oxygen atoms in total. The summed E-state index contributed by atoms with van der Waals surface area (Å²) in [5.41, 5.74) is 2.85. The minimum absolute atomic E-state index is 0.0454. The molecule has 2 N–H and O–H groups in total. The van der Waals surface area contributed by atoms with E-state index in [1.54, 1.807) is 6.92 Å². The smallest absolute Gasteiger partial charge is 0.330 e. The van der Waals surface area contributed by atoms with Crippen molar-refractivity contribution >= 4 is 0 Å². The van der Waals surface area contributed by atoms with Gasteiger partial charge >= 0.3 is 5.69 Å². The molecule has 0 spiro atoms. The largest absolute Gasteiger partial charge is 0.491 e. The molecular weight excluding hydrogens is 456 g/mol. The molecule has 36 heavy (non-hydrogen) atoms. The molecule has 1 aromatic heterocycles. The Kier molecular flexibility index (Phi) is 6.84. The van der Waals surface area contributed by atoms with Gasteiger partial charge in [0.25, 0.3) is 5.56 Å². The zero-order valence-corrected chi connectivity index (χ0v) is 19.9. The number of aliphatic hydroxyl groups excluding tert-OH is 1. The first-order valence-electron chi connectivity index (χ1n) is 12.0. The quantitative estimate of drug-likeness (QED) is 0.390. The second kappa shape index (κ2) is 10.4. The third-order valence-electron chi connectivity index (χ3n) is 6.53. The van der Waals surface area contributed by atoms with E-state index >= 15 is 0 Å². The van der Waals surface area contributed by atoms with E-state index in [4.69, 9.17) is 9.47 Å². The fourth-order valence-corrected chi connectivity index (χ4v) is 4.67. The van der Waals surface area contributed by atoms with E-state index in [-0.39, 0.29) is 18.9 Å². The molecule has 5 rings (SSSR count). The molecule has 0 aliphatic carbocycles. The SMILES string of the molecule is Cc1cn([C@H]2C[C@H](O)[C@@H](COc3cccc(C(c4ccccc4)c4ccccc4)c3)O2)c(=O)[nH]c1=O. The number of rotatable bonds is 7. The van der Waals surface area contributed by atoms with Gasteiger partial charge in [0, 0.05) is 24.1 Å². The van der Waals surface area contributed by atoms with E-state index in [2.05, 4.69) is 35.3 Å². The molecule has 1 saturated heterocycles. The second-order valence-electron chi connectivity index (χ2n) is 9.05. The Labute approximate surface area is 208 Å². The molecule has 1 aliphatic rings. The van der Waals surface area contributed by atoms with Crippen molar-refractivity contribution in [2.45, 2.75) is 37.7 Å². The van der Waals surface area contributed by atoms with Gasteiger partial charge in [-0.1, -0.05) is 72.8 Å². The molecule has 0 unspecified atom stereocenters. The Balaban J connectivity index is 1.33. The number of hydrogen-bond acceptors (Lipinski definition) is 5. The lowest BCUT2D eigenvalue weighted by Crippen LogP contribution is -2.33. The standard InChI is InChI=1S/C29H28N2O5/c1-19-17-31(29(34)30-28(19)33)26-16-24(32)25(36-26)18-35-23-14-8-13-22(15-23)27(20-9-4-2-5-10-20)21-11-6-3-7-12-21/h2-15,17,24-27,32H,16,18H2,1H3,(H,30,33,34)/t24-,25+,26+/m0/s1. The van der Waals surface area contributed by atoms with Crippen LogP contribution in [0, 0.1) is 6.92 Å². The lowest BCUT2D eigenvalue weighted by atomic mass is 9.85. The fraction of sp³-hybridized carbons (Fsp3) is 0.241. The molecular formula is C29H28N2O5. The molecule has 4 aromatic rings. The Hall–Kier alpha value is -3.94. The maximum atomic E-state index is 12.2. The molecule has 0 bridgehead atoms. The number of H-pyrrole nitrogens is 1. The van der Waals surface area contributed by atoms with Crippen LogP contribution in [0.4, 0.5) is 0 Å². The predicted molar refractivity (Wildman–Crippen MR) is 136 cm³/mol. The Bertz CT molecular complexity index is 1390. The zero-order chi connectivity index (χ0) is 25.1. The third-order valence-corrected chi connectivity index (χ3v) is 6.53. The summed E-state index contributed by atoms with van der Waals surface area (Å²) in [6.07, 6.45) is -0.415. The molecule has 0 radical (unpaired) electrons. The first-order chi connectivity index (χ1) is 17.5. The second-order valence-corrected chi connectivity index (χ2v) is 9.05. The van der Waals surface area contributed by atoms with Gasteiger partial charge in [0.1, 0.15) is 24.7 Å². The van der Waals surface area contributed by atoms with Gasteiger partial charge in [-0.15, -0.1) is 0 Å². The van der Waals surface area contributed by atoms with Crippen molar-refractivity contribution in [3.63, 3.8) is 0 Å². The normalized spacial score (nSPS) is 19.5. The minimum Gasteiger partial charge on any atom is -0.491 e. The van der Waals surface area contributed by atoms with E-state index < -0.39 is 29.7 Å². The highest BCUT2D eigenvalue weighted by Gasteiger charge is 2.36. The van der Waals surface area contributed by atoms with Crippen LogP contribution in [0.5, 0.6) is 5.75 Å². The summed E-state index contributed by atoms with van der Waals surface area (Å²) in [6.45, 7) is 1.74. The van der Waals surface area contributed by atoms with Crippen LogP contribution in [0.1, 0.15) is 40.8 Å². The molecule has 0 amide bonds. The fourth-order valence-electron chi connectivity index (χ4n) is 4.67. The first kappa shape index (κ1) is 23.8. The number of aromatic nitrogens is 2. The number of benzene rings is 3. The topological polar surface area (TPSA) is 93.6 Å². The predicted octanol–water partition coefficient (Wildman–Crippen LogP) is 3.75. The average Bonchev–Trinajstić information content (AvgIpc) is 3.27. The molecule has 0 saturated carbocycles. The van der Waals surface area contributed by atoms with E-state index in [1.165, 1.54) is 21.9 Å². The van der Waals surface area contributed by atoms with Crippen molar-refractivity contribution in [1.82, 2.24) is 9.55 Å². The molecule has 3 aromatic carbocycles. The first-order valence-corrected chi connectivity index (χ1v) is 12.0. The monoisotopic (exact) mass is 484 g/mol. The van der Waals surface area contributed by atoms with Gasteiger partial charge in [-0.05, 0) is 35.7 Å². The average molecular weight is 485 g/mol. The number of aromatic amines is 1. The Morgan fingerprint density at radius 2 is 1.61 bits per heavy atom. The van der Waals surface area contributed by atoms with Gasteiger partial charge < -0.3 is 14.6 Å². The van der Waals surface area contributed by atoms with E-state index in [0.29, 0.717) is 11.3 Å². The summed E-state index contributed by atoms with van der Waals surface area (Å²) in [5.74, 6) is 0.713. The molecule has 1 aliphatic heterocycles. The van der Waals surface area contributed by atoms with Crippen molar-refractivity contribution < 1.29 is 14.6 Å². The van der Waals surface area contributed by atoms with Crippen molar-refractivity contribution in [3.8, 4) is 5.75 Å². The molecule has 2 heterocycles. The number of hydrogen-bond donors (Lipinski definition) is 2. The van der Waals surface area contributed by atoms with Crippen molar-refractivity contribution in [2.75, 3.05) is 6.61 Å². The Morgan fingerprint density at radius 1 is 0.972 bits per heavy atom. The van der Waals surface area contributed by atoms with Gasteiger partial charge in [0.15, 0.2) is 0 Å². The van der Waals surface area contributed by atoms with Gasteiger partial charge in [-0.3, -0.25) is 14.3 Å². The number of nitrogens with one attached hydrogen (secondary N) is 1. The van der Waals surface area contributed by atoms with E-state index in [1.807, 2.05) is 54.6 Å². The summed E-state index contributed by atoms with van der Waals surface area (Å²) < 4.78 is 13.3. The van der Waals surface area contributed by atoms with Crippen molar-refractivity contribution in [2.24, 2.45) is 0 Å².